The van der Waals surface area contributed by atoms with Crippen LogP contribution in [0.1, 0.15) is 70.3 Å². The first-order valence-electron chi connectivity index (χ1n) is 10.8. The Morgan fingerprint density at radius 2 is 1.76 bits per heavy atom. The predicted octanol–water partition coefficient (Wildman–Crippen LogP) is 7.49. The number of carbonyl (C=O) groups excluding carboxylic acids is 1. The van der Waals surface area contributed by atoms with E-state index in [0.717, 1.165) is 29.9 Å². The van der Waals surface area contributed by atoms with E-state index in [0.29, 0.717) is 17.2 Å². The first-order chi connectivity index (χ1) is 14.1. The molecule has 3 nitrogen and oxygen atoms in total. The Hall–Kier alpha value is -2.36. The molecule has 1 fully saturated rings. The van der Waals surface area contributed by atoms with Crippen molar-refractivity contribution in [1.82, 2.24) is 0 Å². The van der Waals surface area contributed by atoms with Gasteiger partial charge in [-0.15, -0.1) is 0 Å². The van der Waals surface area contributed by atoms with E-state index in [9.17, 15) is 9.18 Å². The minimum atomic E-state index is -0.736. The van der Waals surface area contributed by atoms with Crippen LogP contribution < -0.4 is 4.74 Å². The molecule has 0 bridgehead atoms. The molecule has 156 valence electrons. The number of carbonyl (C=O) groups is 1. The Balaban J connectivity index is 1.63. The van der Waals surface area contributed by atoms with E-state index in [1.54, 1.807) is 37.3 Å². The Labute approximate surface area is 173 Å². The number of unbranched alkanes of at least 4 members (excludes halogenated alkanes) is 1. The van der Waals surface area contributed by atoms with E-state index >= 15 is 0 Å². The van der Waals surface area contributed by atoms with Crippen molar-refractivity contribution < 1.29 is 18.7 Å². The van der Waals surface area contributed by atoms with Crippen LogP contribution in [0.15, 0.2) is 42.5 Å². The van der Waals surface area contributed by atoms with E-state index in [1.165, 1.54) is 32.1 Å². The van der Waals surface area contributed by atoms with Crippen molar-refractivity contribution in [2.24, 2.45) is 5.92 Å². The summed E-state index contributed by atoms with van der Waals surface area (Å²) < 4.78 is 24.6. The van der Waals surface area contributed by atoms with Gasteiger partial charge in [-0.2, -0.15) is 0 Å². The van der Waals surface area contributed by atoms with Gasteiger partial charge in [-0.1, -0.05) is 50.5 Å². The molecule has 0 aliphatic heterocycles. The molecule has 0 atom stereocenters. The highest BCUT2D eigenvalue weighted by Gasteiger charge is 2.22. The van der Waals surface area contributed by atoms with Crippen LogP contribution >= 0.6 is 0 Å². The summed E-state index contributed by atoms with van der Waals surface area (Å²) in [5.41, 5.74) is 2.43. The van der Waals surface area contributed by atoms with Gasteiger partial charge in [-0.05, 0) is 73.8 Å². The molecule has 4 heteroatoms. The van der Waals surface area contributed by atoms with Gasteiger partial charge < -0.3 is 9.47 Å². The zero-order valence-electron chi connectivity index (χ0n) is 17.5. The summed E-state index contributed by atoms with van der Waals surface area (Å²) >= 11 is 0. The average molecular weight is 399 g/mol. The Morgan fingerprint density at radius 3 is 2.38 bits per heavy atom. The van der Waals surface area contributed by atoms with Crippen molar-refractivity contribution in [3.8, 4) is 16.9 Å². The molecule has 1 aliphatic carbocycles. The van der Waals surface area contributed by atoms with E-state index in [-0.39, 0.29) is 12.4 Å². The van der Waals surface area contributed by atoms with Gasteiger partial charge >= 0.3 is 6.16 Å². The number of halogens is 1. The third kappa shape index (κ3) is 5.81. The largest absolute Gasteiger partial charge is 0.513 e. The maximum Gasteiger partial charge on any atom is 0.513 e. The van der Waals surface area contributed by atoms with Crippen LogP contribution in [-0.2, 0) is 4.74 Å². The van der Waals surface area contributed by atoms with Crippen molar-refractivity contribution >= 4 is 6.16 Å². The van der Waals surface area contributed by atoms with E-state index < -0.39 is 6.16 Å². The Bertz CT molecular complexity index is 792. The first kappa shape index (κ1) is 21.4. The molecule has 0 N–H and O–H groups in total. The lowest BCUT2D eigenvalue weighted by atomic mass is 9.77. The van der Waals surface area contributed by atoms with Crippen LogP contribution in [0.5, 0.6) is 5.75 Å². The summed E-state index contributed by atoms with van der Waals surface area (Å²) in [4.78, 5) is 11.4. The molecule has 29 heavy (non-hydrogen) atoms. The molecule has 0 radical (unpaired) electrons. The van der Waals surface area contributed by atoms with Gasteiger partial charge in [0.25, 0.3) is 0 Å². The molecular formula is C25H31FO3. The summed E-state index contributed by atoms with van der Waals surface area (Å²) in [6, 6.07) is 12.5. The highest BCUT2D eigenvalue weighted by molar-refractivity contribution is 5.67. The van der Waals surface area contributed by atoms with Crippen LogP contribution in [0.4, 0.5) is 9.18 Å². The van der Waals surface area contributed by atoms with Crippen molar-refractivity contribution in [3.05, 3.63) is 53.8 Å². The molecule has 0 heterocycles. The molecule has 1 aliphatic rings. The molecule has 0 unspecified atom stereocenters. The average Bonchev–Trinajstić information content (AvgIpc) is 2.73. The molecule has 0 spiro atoms. The third-order valence-electron chi connectivity index (χ3n) is 5.91. The highest BCUT2D eigenvalue weighted by Crippen LogP contribution is 2.38. The van der Waals surface area contributed by atoms with Gasteiger partial charge in [0.15, 0.2) is 0 Å². The number of hydrogen-bond donors (Lipinski definition) is 0. The van der Waals surface area contributed by atoms with Crippen molar-refractivity contribution in [2.45, 2.75) is 64.7 Å². The second kappa shape index (κ2) is 10.4. The van der Waals surface area contributed by atoms with Gasteiger partial charge in [0.1, 0.15) is 11.6 Å². The van der Waals surface area contributed by atoms with Gasteiger partial charge in [-0.3, -0.25) is 0 Å². The maximum atomic E-state index is 14.8. The highest BCUT2D eigenvalue weighted by atomic mass is 19.1. The minimum absolute atomic E-state index is 0.199. The van der Waals surface area contributed by atoms with Gasteiger partial charge in [0.05, 0.1) is 6.61 Å². The molecule has 0 amide bonds. The van der Waals surface area contributed by atoms with E-state index in [2.05, 4.69) is 13.0 Å². The molecule has 0 aromatic heterocycles. The summed E-state index contributed by atoms with van der Waals surface area (Å²) in [6.07, 6.45) is 8.03. The first-order valence-corrected chi connectivity index (χ1v) is 10.8. The lowest BCUT2D eigenvalue weighted by Crippen LogP contribution is -2.13. The fourth-order valence-electron chi connectivity index (χ4n) is 4.24. The van der Waals surface area contributed by atoms with Gasteiger partial charge in [0.2, 0.25) is 0 Å². The zero-order valence-corrected chi connectivity index (χ0v) is 17.5. The second-order valence-electron chi connectivity index (χ2n) is 7.91. The summed E-state index contributed by atoms with van der Waals surface area (Å²) in [5, 5.41) is 0. The topological polar surface area (TPSA) is 35.5 Å². The van der Waals surface area contributed by atoms with Crippen LogP contribution in [0.25, 0.3) is 11.1 Å². The van der Waals surface area contributed by atoms with Crippen LogP contribution in [-0.4, -0.2) is 12.8 Å². The number of ether oxygens (including phenoxy) is 2. The third-order valence-corrected chi connectivity index (χ3v) is 5.91. The number of hydrogen-bond acceptors (Lipinski definition) is 3. The molecular weight excluding hydrogens is 367 g/mol. The molecule has 2 aromatic carbocycles. The predicted molar refractivity (Wildman–Crippen MR) is 114 cm³/mol. The van der Waals surface area contributed by atoms with Crippen molar-refractivity contribution in [1.29, 1.82) is 0 Å². The molecule has 0 saturated heterocycles. The lowest BCUT2D eigenvalue weighted by molar-refractivity contribution is 0.104. The second-order valence-corrected chi connectivity index (χ2v) is 7.91. The molecule has 2 aromatic rings. The van der Waals surface area contributed by atoms with Crippen LogP contribution in [0.3, 0.4) is 0 Å². The number of rotatable bonds is 7. The summed E-state index contributed by atoms with van der Waals surface area (Å²) in [7, 11) is 0. The maximum absolute atomic E-state index is 14.8. The van der Waals surface area contributed by atoms with Crippen molar-refractivity contribution in [2.75, 3.05) is 6.61 Å². The monoisotopic (exact) mass is 398 g/mol. The van der Waals surface area contributed by atoms with E-state index in [4.69, 9.17) is 9.47 Å². The summed E-state index contributed by atoms with van der Waals surface area (Å²) in [6.45, 7) is 4.22. The molecule has 1 saturated carbocycles. The van der Waals surface area contributed by atoms with Crippen LogP contribution in [0.2, 0.25) is 0 Å². The van der Waals surface area contributed by atoms with Crippen molar-refractivity contribution in [3.63, 3.8) is 0 Å². The zero-order chi connectivity index (χ0) is 20.6. The summed E-state index contributed by atoms with van der Waals surface area (Å²) in [5.74, 6) is 1.50. The Kier molecular flexibility index (Phi) is 7.68. The standard InChI is InChI=1S/C25H31FO3/c1-3-5-6-18-7-9-19(10-8-18)21-13-16-23(24(26)17-21)20-11-14-22(15-12-20)29-25(27)28-4-2/h11-19H,3-10H2,1-2H3. The quantitative estimate of drug-likeness (QED) is 0.358. The molecule has 3 rings (SSSR count). The van der Waals surface area contributed by atoms with Gasteiger partial charge in [0, 0.05) is 5.56 Å². The minimum Gasteiger partial charge on any atom is -0.434 e. The fraction of sp³-hybridized carbons (Fsp3) is 0.480. The van der Waals surface area contributed by atoms with Crippen LogP contribution in [0, 0.1) is 11.7 Å². The van der Waals surface area contributed by atoms with E-state index in [1.807, 2.05) is 6.07 Å². The smallest absolute Gasteiger partial charge is 0.434 e. The SMILES string of the molecule is CCCCC1CCC(c2ccc(-c3ccc(OC(=O)OCC)cc3)c(F)c2)CC1. The van der Waals surface area contributed by atoms with Gasteiger partial charge in [-0.25, -0.2) is 9.18 Å². The Morgan fingerprint density at radius 1 is 1.03 bits per heavy atom. The normalized spacial score (nSPS) is 19.0. The fourth-order valence-corrected chi connectivity index (χ4v) is 4.24. The lowest BCUT2D eigenvalue weighted by Gasteiger charge is -2.29. The number of benzene rings is 2.